The molecule has 146 valence electrons. The first-order chi connectivity index (χ1) is 14.0. The maximum atomic E-state index is 13.1. The lowest BCUT2D eigenvalue weighted by atomic mass is 10.1. The Morgan fingerprint density at radius 1 is 1.14 bits per heavy atom. The van der Waals surface area contributed by atoms with Gasteiger partial charge in [-0.25, -0.2) is 0 Å². The molecule has 1 aliphatic heterocycles. The highest BCUT2D eigenvalue weighted by molar-refractivity contribution is 6.31. The Kier molecular flexibility index (Phi) is 5.32. The molecule has 3 aromatic rings. The van der Waals surface area contributed by atoms with E-state index >= 15 is 0 Å². The van der Waals surface area contributed by atoms with Gasteiger partial charge in [0.05, 0.1) is 23.7 Å². The predicted molar refractivity (Wildman–Crippen MR) is 113 cm³/mol. The molecule has 4 rings (SSSR count). The molecular formula is C23H20ClN3O2. The van der Waals surface area contributed by atoms with Crippen LogP contribution in [0, 0.1) is 6.92 Å². The Hall–Kier alpha value is -3.18. The van der Waals surface area contributed by atoms with Crippen molar-refractivity contribution in [2.75, 3.05) is 4.90 Å². The van der Waals surface area contributed by atoms with Gasteiger partial charge in [0, 0.05) is 23.5 Å². The predicted octanol–water partition coefficient (Wildman–Crippen LogP) is 4.45. The van der Waals surface area contributed by atoms with Gasteiger partial charge < -0.3 is 5.32 Å². The Balaban J connectivity index is 1.58. The minimum atomic E-state index is -0.452. The molecular weight excluding hydrogens is 386 g/mol. The number of carbonyl (C=O) groups excluding carboxylic acids is 2. The molecule has 2 aromatic carbocycles. The lowest BCUT2D eigenvalue weighted by molar-refractivity contribution is -0.121. The second kappa shape index (κ2) is 8.05. The van der Waals surface area contributed by atoms with Gasteiger partial charge in [-0.2, -0.15) is 0 Å². The van der Waals surface area contributed by atoms with Crippen LogP contribution in [-0.4, -0.2) is 16.8 Å². The fourth-order valence-electron chi connectivity index (χ4n) is 3.60. The van der Waals surface area contributed by atoms with Gasteiger partial charge in [0.15, 0.2) is 0 Å². The Morgan fingerprint density at radius 2 is 1.97 bits per heavy atom. The highest BCUT2D eigenvalue weighted by atomic mass is 35.5. The molecule has 1 aromatic heterocycles. The number of carbonyl (C=O) groups is 2. The summed E-state index contributed by atoms with van der Waals surface area (Å²) in [5, 5.41) is 3.52. The van der Waals surface area contributed by atoms with E-state index in [1.165, 1.54) is 0 Å². The van der Waals surface area contributed by atoms with Crippen LogP contribution in [0.15, 0.2) is 66.9 Å². The van der Waals surface area contributed by atoms with E-state index in [1.807, 2.05) is 49.4 Å². The third-order valence-electron chi connectivity index (χ3n) is 5.01. The van der Waals surface area contributed by atoms with Crippen LogP contribution in [0.5, 0.6) is 0 Å². The molecule has 1 unspecified atom stereocenters. The van der Waals surface area contributed by atoms with Crippen molar-refractivity contribution < 1.29 is 9.59 Å². The van der Waals surface area contributed by atoms with E-state index in [2.05, 4.69) is 10.3 Å². The number of anilines is 1. The summed E-state index contributed by atoms with van der Waals surface area (Å²) in [6.45, 7) is 2.31. The standard InChI is InChI=1S/C23H20ClN3O2/c1-15-6-4-8-17(12-15)27-20(22-18(23(27)29)9-5-11-25-22)13-21(28)26-14-16-7-2-3-10-19(16)24/h2-12,20H,13-14H2,1H3,(H,26,28). The first-order valence-corrected chi connectivity index (χ1v) is 9.77. The van der Waals surface area contributed by atoms with E-state index < -0.39 is 6.04 Å². The quantitative estimate of drug-likeness (QED) is 0.682. The Bertz CT molecular complexity index is 1080. The molecule has 2 amide bonds. The number of nitrogens with one attached hydrogen (secondary N) is 1. The smallest absolute Gasteiger partial charge is 0.260 e. The molecule has 2 heterocycles. The van der Waals surface area contributed by atoms with Crippen molar-refractivity contribution in [3.8, 4) is 0 Å². The number of aryl methyl sites for hydroxylation is 1. The lowest BCUT2D eigenvalue weighted by Gasteiger charge is -2.25. The van der Waals surface area contributed by atoms with Crippen LogP contribution in [0.25, 0.3) is 0 Å². The zero-order chi connectivity index (χ0) is 20.4. The monoisotopic (exact) mass is 405 g/mol. The van der Waals surface area contributed by atoms with E-state index in [0.29, 0.717) is 22.8 Å². The van der Waals surface area contributed by atoms with Crippen molar-refractivity contribution in [2.45, 2.75) is 25.9 Å². The summed E-state index contributed by atoms with van der Waals surface area (Å²) in [6, 6.07) is 18.1. The zero-order valence-electron chi connectivity index (χ0n) is 15.9. The van der Waals surface area contributed by atoms with Crippen LogP contribution in [0.2, 0.25) is 5.02 Å². The fourth-order valence-corrected chi connectivity index (χ4v) is 3.81. The average molecular weight is 406 g/mol. The van der Waals surface area contributed by atoms with Gasteiger partial charge in [-0.05, 0) is 48.4 Å². The van der Waals surface area contributed by atoms with Gasteiger partial charge >= 0.3 is 0 Å². The number of pyridine rings is 1. The first kappa shape index (κ1) is 19.2. The molecule has 1 N–H and O–H groups in total. The second-order valence-corrected chi connectivity index (χ2v) is 7.45. The lowest BCUT2D eigenvalue weighted by Crippen LogP contribution is -2.33. The van der Waals surface area contributed by atoms with Gasteiger partial charge in [0.2, 0.25) is 5.91 Å². The fraction of sp³-hybridized carbons (Fsp3) is 0.174. The number of amides is 2. The van der Waals surface area contributed by atoms with Crippen LogP contribution >= 0.6 is 11.6 Å². The van der Waals surface area contributed by atoms with Crippen LogP contribution < -0.4 is 10.2 Å². The van der Waals surface area contributed by atoms with Crippen molar-refractivity contribution in [3.63, 3.8) is 0 Å². The van der Waals surface area contributed by atoms with E-state index in [9.17, 15) is 9.59 Å². The van der Waals surface area contributed by atoms with Gasteiger partial charge in [-0.3, -0.25) is 19.5 Å². The summed E-state index contributed by atoms with van der Waals surface area (Å²) in [5.41, 5.74) is 3.82. The van der Waals surface area contributed by atoms with Gasteiger partial charge in [0.25, 0.3) is 5.91 Å². The Morgan fingerprint density at radius 3 is 2.76 bits per heavy atom. The first-order valence-electron chi connectivity index (χ1n) is 9.40. The highest BCUT2D eigenvalue weighted by Gasteiger charge is 2.39. The molecule has 1 atom stereocenters. The molecule has 0 saturated carbocycles. The van der Waals surface area contributed by atoms with Crippen molar-refractivity contribution >= 4 is 29.1 Å². The van der Waals surface area contributed by atoms with E-state index in [4.69, 9.17) is 11.6 Å². The number of benzene rings is 2. The highest BCUT2D eigenvalue weighted by Crippen LogP contribution is 2.38. The minimum Gasteiger partial charge on any atom is -0.352 e. The van der Waals surface area contributed by atoms with Crippen molar-refractivity contribution in [1.82, 2.24) is 10.3 Å². The number of hydrogen-bond acceptors (Lipinski definition) is 3. The largest absolute Gasteiger partial charge is 0.352 e. The summed E-state index contributed by atoms with van der Waals surface area (Å²) in [6.07, 6.45) is 1.77. The molecule has 0 saturated heterocycles. The number of halogens is 1. The molecule has 5 nitrogen and oxygen atoms in total. The van der Waals surface area contributed by atoms with Crippen LogP contribution in [0.1, 0.15) is 39.6 Å². The van der Waals surface area contributed by atoms with Gasteiger partial charge in [0.1, 0.15) is 0 Å². The number of hydrogen-bond donors (Lipinski definition) is 1. The molecule has 0 spiro atoms. The molecule has 0 bridgehead atoms. The summed E-state index contributed by atoms with van der Waals surface area (Å²) in [5.74, 6) is -0.304. The van der Waals surface area contributed by atoms with E-state index in [1.54, 1.807) is 29.3 Å². The number of aromatic nitrogens is 1. The third-order valence-corrected chi connectivity index (χ3v) is 5.38. The number of nitrogens with zero attached hydrogens (tertiary/aromatic N) is 2. The molecule has 0 fully saturated rings. The Labute approximate surface area is 174 Å². The number of rotatable bonds is 5. The molecule has 6 heteroatoms. The van der Waals surface area contributed by atoms with Crippen molar-refractivity contribution in [1.29, 1.82) is 0 Å². The summed E-state index contributed by atoms with van der Waals surface area (Å²) >= 11 is 6.17. The van der Waals surface area contributed by atoms with Gasteiger partial charge in [-0.15, -0.1) is 0 Å². The molecule has 0 radical (unpaired) electrons. The maximum absolute atomic E-state index is 13.1. The van der Waals surface area contributed by atoms with Crippen molar-refractivity contribution in [3.05, 3.63) is 94.3 Å². The maximum Gasteiger partial charge on any atom is 0.260 e. The van der Waals surface area contributed by atoms with Crippen LogP contribution in [-0.2, 0) is 11.3 Å². The van der Waals surface area contributed by atoms with Gasteiger partial charge in [-0.1, -0.05) is 41.9 Å². The van der Waals surface area contributed by atoms with Crippen LogP contribution in [0.3, 0.4) is 0 Å². The molecule has 0 aliphatic carbocycles. The SMILES string of the molecule is Cc1cccc(N2C(=O)c3cccnc3C2CC(=O)NCc2ccccc2Cl)c1. The van der Waals surface area contributed by atoms with Crippen molar-refractivity contribution in [2.24, 2.45) is 0 Å². The van der Waals surface area contributed by atoms with E-state index in [0.717, 1.165) is 16.8 Å². The summed E-state index contributed by atoms with van der Waals surface area (Å²) < 4.78 is 0. The number of fused-ring (bicyclic) bond motifs is 1. The van der Waals surface area contributed by atoms with Crippen LogP contribution in [0.4, 0.5) is 5.69 Å². The summed E-state index contributed by atoms with van der Waals surface area (Å²) in [4.78, 5) is 31.9. The second-order valence-electron chi connectivity index (χ2n) is 7.04. The summed E-state index contributed by atoms with van der Waals surface area (Å²) in [7, 11) is 0. The average Bonchev–Trinajstić information content (AvgIpc) is 2.99. The molecule has 29 heavy (non-hydrogen) atoms. The molecule has 1 aliphatic rings. The topological polar surface area (TPSA) is 62.3 Å². The third kappa shape index (κ3) is 3.87. The zero-order valence-corrected chi connectivity index (χ0v) is 16.7. The normalized spacial score (nSPS) is 15.3. The van der Waals surface area contributed by atoms with E-state index in [-0.39, 0.29) is 18.2 Å². The minimum absolute atomic E-state index is 0.119.